The molecule has 0 heterocycles. The fraction of sp³-hybridized carbons (Fsp3) is 0.929. The molecule has 0 aliphatic carbocycles. The summed E-state index contributed by atoms with van der Waals surface area (Å²) in [4.78, 5) is 11.7. The highest BCUT2D eigenvalue weighted by molar-refractivity contribution is 5.69. The maximum absolute atomic E-state index is 11.7. The van der Waals surface area contributed by atoms with Gasteiger partial charge in [-0.05, 0) is 38.5 Å². The van der Waals surface area contributed by atoms with Crippen molar-refractivity contribution >= 4 is 5.97 Å². The number of allylic oxidation sites excluding steroid dienone is 2. The van der Waals surface area contributed by atoms with Crippen LogP contribution in [0.3, 0.4) is 0 Å². The average molecular weight is 619 g/mol. The first kappa shape index (κ1) is 43.2. The number of hydrogen-bond donors (Lipinski definition) is 1. The van der Waals surface area contributed by atoms with E-state index in [1.165, 1.54) is 205 Å². The second-order valence-electron chi connectivity index (χ2n) is 14.3. The van der Waals surface area contributed by atoms with Crippen LogP contribution in [0.1, 0.15) is 245 Å². The molecular weight excluding hydrogens is 536 g/mol. The van der Waals surface area contributed by atoms with Gasteiger partial charge < -0.3 is 5.11 Å². The highest BCUT2D eigenvalue weighted by atomic mass is 16.4. The molecule has 262 valence electrons. The second kappa shape index (κ2) is 38.4. The minimum atomic E-state index is -0.556. The average Bonchev–Trinajstić information content (AvgIpc) is 3.02. The Morgan fingerprint density at radius 3 is 0.864 bits per heavy atom. The highest BCUT2D eigenvalue weighted by Gasteiger charge is 2.16. The molecule has 0 saturated heterocycles. The predicted octanol–water partition coefficient (Wildman–Crippen LogP) is 15.3. The van der Waals surface area contributed by atoms with Crippen LogP contribution in [0.25, 0.3) is 0 Å². The Balaban J connectivity index is 3.39. The molecule has 0 saturated carbocycles. The van der Waals surface area contributed by atoms with Crippen LogP contribution in [0, 0.1) is 5.92 Å². The van der Waals surface area contributed by atoms with Gasteiger partial charge in [-0.15, -0.1) is 0 Å². The smallest absolute Gasteiger partial charge is 0.306 e. The lowest BCUT2D eigenvalue weighted by molar-refractivity contribution is -0.142. The van der Waals surface area contributed by atoms with Crippen LogP contribution in [-0.2, 0) is 4.79 Å². The van der Waals surface area contributed by atoms with E-state index in [1.807, 2.05) is 0 Å². The molecule has 0 fully saturated rings. The molecule has 0 aliphatic rings. The maximum Gasteiger partial charge on any atom is 0.306 e. The molecule has 0 spiro atoms. The summed E-state index contributed by atoms with van der Waals surface area (Å²) >= 11 is 0. The largest absolute Gasteiger partial charge is 0.481 e. The first-order valence-corrected chi connectivity index (χ1v) is 20.6. The molecule has 0 rings (SSSR count). The molecule has 0 aromatic rings. The van der Waals surface area contributed by atoms with Crippen LogP contribution in [0.2, 0.25) is 0 Å². The number of rotatable bonds is 38. The summed E-state index contributed by atoms with van der Waals surface area (Å²) in [5, 5.41) is 9.65. The molecule has 0 amide bonds. The van der Waals surface area contributed by atoms with Gasteiger partial charge in [-0.25, -0.2) is 0 Å². The molecule has 0 aliphatic heterocycles. The van der Waals surface area contributed by atoms with E-state index in [9.17, 15) is 9.90 Å². The fourth-order valence-electron chi connectivity index (χ4n) is 6.68. The summed E-state index contributed by atoms with van der Waals surface area (Å²) in [6, 6.07) is 0. The zero-order chi connectivity index (χ0) is 32.0. The van der Waals surface area contributed by atoms with Gasteiger partial charge in [-0.2, -0.15) is 0 Å². The third kappa shape index (κ3) is 35.7. The lowest BCUT2D eigenvalue weighted by Gasteiger charge is -2.12. The van der Waals surface area contributed by atoms with Gasteiger partial charge in [-0.3, -0.25) is 4.79 Å². The van der Waals surface area contributed by atoms with E-state index in [-0.39, 0.29) is 5.92 Å². The first-order chi connectivity index (χ1) is 21.7. The molecule has 2 nitrogen and oxygen atoms in total. The van der Waals surface area contributed by atoms with Crippen molar-refractivity contribution in [1.29, 1.82) is 0 Å². The number of carbonyl (C=O) groups is 1. The molecule has 0 radical (unpaired) electrons. The second-order valence-corrected chi connectivity index (χ2v) is 14.3. The Morgan fingerprint density at radius 2 is 0.614 bits per heavy atom. The summed E-state index contributed by atoms with van der Waals surface area (Å²) in [6.45, 7) is 4.58. The third-order valence-electron chi connectivity index (χ3n) is 9.82. The van der Waals surface area contributed by atoms with Gasteiger partial charge in [0.2, 0.25) is 0 Å². The molecule has 0 aromatic heterocycles. The van der Waals surface area contributed by atoms with Crippen molar-refractivity contribution < 1.29 is 9.90 Å². The van der Waals surface area contributed by atoms with Gasteiger partial charge in [0.15, 0.2) is 0 Å². The fourth-order valence-corrected chi connectivity index (χ4v) is 6.68. The Kier molecular flexibility index (Phi) is 37.7. The van der Waals surface area contributed by atoms with Crippen molar-refractivity contribution in [1.82, 2.24) is 0 Å². The molecular formula is C42H82O2. The van der Waals surface area contributed by atoms with Gasteiger partial charge >= 0.3 is 5.97 Å². The number of hydrogen-bond acceptors (Lipinski definition) is 1. The molecule has 1 unspecified atom stereocenters. The summed E-state index contributed by atoms with van der Waals surface area (Å²) in [6.07, 6.45) is 52.7. The van der Waals surface area contributed by atoms with Gasteiger partial charge in [0.25, 0.3) is 0 Å². The molecule has 2 heteroatoms. The van der Waals surface area contributed by atoms with E-state index >= 15 is 0 Å². The quantitative estimate of drug-likeness (QED) is 0.0552. The first-order valence-electron chi connectivity index (χ1n) is 20.6. The van der Waals surface area contributed by atoms with E-state index in [0.29, 0.717) is 0 Å². The van der Waals surface area contributed by atoms with Crippen molar-refractivity contribution in [2.75, 3.05) is 0 Å². The summed E-state index contributed by atoms with van der Waals surface area (Å²) < 4.78 is 0. The van der Waals surface area contributed by atoms with Crippen LogP contribution in [0.15, 0.2) is 12.2 Å². The van der Waals surface area contributed by atoms with E-state index in [4.69, 9.17) is 0 Å². The summed E-state index contributed by atoms with van der Waals surface area (Å²) in [7, 11) is 0. The maximum atomic E-state index is 11.7. The number of carboxylic acid groups (broad SMARTS) is 1. The Bertz CT molecular complexity index is 568. The standard InChI is InChI=1S/C42H82O2/c1-3-5-7-9-11-13-15-17-19-21-22-23-24-26-28-30-32-34-36-38-40-41(42(43)44)39-37-35-33-31-29-27-25-20-18-16-14-12-10-8-6-4-2/h17,19,41H,3-16,18,20-40H2,1-2H3,(H,43,44). The van der Waals surface area contributed by atoms with Crippen LogP contribution >= 0.6 is 0 Å². The van der Waals surface area contributed by atoms with Crippen molar-refractivity contribution in [3.05, 3.63) is 12.2 Å². The highest BCUT2D eigenvalue weighted by Crippen LogP contribution is 2.20. The summed E-state index contributed by atoms with van der Waals surface area (Å²) in [5.41, 5.74) is 0. The van der Waals surface area contributed by atoms with Gasteiger partial charge in [-0.1, -0.05) is 219 Å². The Hall–Kier alpha value is -0.790. The van der Waals surface area contributed by atoms with Crippen molar-refractivity contribution in [3.8, 4) is 0 Å². The monoisotopic (exact) mass is 619 g/mol. The number of aliphatic carboxylic acids is 1. The number of carboxylic acids is 1. The van der Waals surface area contributed by atoms with Gasteiger partial charge in [0, 0.05) is 0 Å². The lowest BCUT2D eigenvalue weighted by Crippen LogP contribution is -2.13. The minimum Gasteiger partial charge on any atom is -0.481 e. The zero-order valence-corrected chi connectivity index (χ0v) is 30.5. The Morgan fingerprint density at radius 1 is 0.386 bits per heavy atom. The van der Waals surface area contributed by atoms with Crippen LogP contribution in [0.5, 0.6) is 0 Å². The topological polar surface area (TPSA) is 37.3 Å². The van der Waals surface area contributed by atoms with Crippen LogP contribution < -0.4 is 0 Å². The van der Waals surface area contributed by atoms with Crippen molar-refractivity contribution in [2.24, 2.45) is 5.92 Å². The molecule has 1 atom stereocenters. The van der Waals surface area contributed by atoms with Crippen molar-refractivity contribution in [2.45, 2.75) is 245 Å². The third-order valence-corrected chi connectivity index (χ3v) is 9.82. The molecule has 44 heavy (non-hydrogen) atoms. The zero-order valence-electron chi connectivity index (χ0n) is 30.5. The molecule has 0 aromatic carbocycles. The lowest BCUT2D eigenvalue weighted by atomic mass is 9.94. The predicted molar refractivity (Wildman–Crippen MR) is 198 cm³/mol. The van der Waals surface area contributed by atoms with E-state index in [0.717, 1.165) is 25.7 Å². The minimum absolute atomic E-state index is 0.105. The van der Waals surface area contributed by atoms with E-state index < -0.39 is 5.97 Å². The Labute approximate surface area is 278 Å². The number of unbranched alkanes of at least 4 members (excludes halogenated alkanes) is 31. The summed E-state index contributed by atoms with van der Waals surface area (Å²) in [5.74, 6) is -0.661. The molecule has 0 bridgehead atoms. The normalized spacial score (nSPS) is 12.4. The van der Waals surface area contributed by atoms with Crippen molar-refractivity contribution in [3.63, 3.8) is 0 Å². The molecule has 1 N–H and O–H groups in total. The van der Waals surface area contributed by atoms with Gasteiger partial charge in [0.05, 0.1) is 5.92 Å². The van der Waals surface area contributed by atoms with Gasteiger partial charge in [0.1, 0.15) is 0 Å². The van der Waals surface area contributed by atoms with E-state index in [2.05, 4.69) is 26.0 Å². The van der Waals surface area contributed by atoms with E-state index in [1.54, 1.807) is 0 Å². The van der Waals surface area contributed by atoms with Crippen LogP contribution in [0.4, 0.5) is 0 Å². The van der Waals surface area contributed by atoms with Crippen LogP contribution in [-0.4, -0.2) is 11.1 Å². The SMILES string of the molecule is CCCCCCCCC=CCCCCCCCCCCCCC(CCCCCCCCCCCCCCCCCC)C(=O)O.